The fraction of sp³-hybridized carbons (Fsp3) is 0.667. The van der Waals surface area contributed by atoms with E-state index < -0.39 is 0 Å². The SMILES string of the molecule is CC(C)CCN(CCC(C)C)C(C)c1ccc(N)cc1. The van der Waals surface area contributed by atoms with Crippen LogP contribution in [0.1, 0.15) is 59.1 Å². The molecule has 0 radical (unpaired) electrons. The topological polar surface area (TPSA) is 29.3 Å². The van der Waals surface area contributed by atoms with E-state index in [9.17, 15) is 0 Å². The van der Waals surface area contributed by atoms with Gasteiger partial charge in [0.1, 0.15) is 0 Å². The maximum absolute atomic E-state index is 5.79. The molecule has 1 aromatic carbocycles. The third-order valence-corrected chi connectivity index (χ3v) is 3.95. The Hall–Kier alpha value is -1.02. The van der Waals surface area contributed by atoms with Gasteiger partial charge in [0.05, 0.1) is 0 Å². The Morgan fingerprint density at radius 2 is 1.30 bits per heavy atom. The molecule has 20 heavy (non-hydrogen) atoms. The minimum absolute atomic E-state index is 0.466. The molecule has 0 aromatic heterocycles. The average Bonchev–Trinajstić information content (AvgIpc) is 2.38. The summed E-state index contributed by atoms with van der Waals surface area (Å²) in [4.78, 5) is 2.62. The third kappa shape index (κ3) is 5.96. The first kappa shape index (κ1) is 17.0. The summed E-state index contributed by atoms with van der Waals surface area (Å²) in [5, 5.41) is 0. The molecule has 1 aromatic rings. The quantitative estimate of drug-likeness (QED) is 0.696. The lowest BCUT2D eigenvalue weighted by molar-refractivity contribution is 0.188. The molecule has 1 rings (SSSR count). The number of benzene rings is 1. The smallest absolute Gasteiger partial charge is 0.0319 e. The van der Waals surface area contributed by atoms with Gasteiger partial charge in [-0.3, -0.25) is 4.90 Å². The van der Waals surface area contributed by atoms with Gasteiger partial charge in [-0.25, -0.2) is 0 Å². The van der Waals surface area contributed by atoms with Gasteiger partial charge in [0.25, 0.3) is 0 Å². The van der Waals surface area contributed by atoms with Crippen LogP contribution in [0.25, 0.3) is 0 Å². The van der Waals surface area contributed by atoms with Crippen molar-refractivity contribution in [3.8, 4) is 0 Å². The second-order valence-electron chi connectivity index (χ2n) is 6.74. The number of hydrogen-bond acceptors (Lipinski definition) is 2. The maximum Gasteiger partial charge on any atom is 0.0319 e. The minimum atomic E-state index is 0.466. The van der Waals surface area contributed by atoms with E-state index in [4.69, 9.17) is 5.73 Å². The van der Waals surface area contributed by atoms with E-state index in [1.807, 2.05) is 12.1 Å². The van der Waals surface area contributed by atoms with E-state index in [1.54, 1.807) is 0 Å². The summed E-state index contributed by atoms with van der Waals surface area (Å²) in [6, 6.07) is 8.81. The highest BCUT2D eigenvalue weighted by molar-refractivity contribution is 5.40. The third-order valence-electron chi connectivity index (χ3n) is 3.95. The van der Waals surface area contributed by atoms with Crippen molar-refractivity contribution in [2.24, 2.45) is 11.8 Å². The molecule has 0 fully saturated rings. The van der Waals surface area contributed by atoms with Crippen LogP contribution in [0.4, 0.5) is 5.69 Å². The van der Waals surface area contributed by atoms with Crippen LogP contribution < -0.4 is 5.73 Å². The van der Waals surface area contributed by atoms with Crippen molar-refractivity contribution in [2.75, 3.05) is 18.8 Å². The predicted molar refractivity (Wildman–Crippen MR) is 89.8 cm³/mol. The maximum atomic E-state index is 5.79. The number of anilines is 1. The number of nitrogen functional groups attached to an aromatic ring is 1. The van der Waals surface area contributed by atoms with Crippen LogP contribution in [-0.2, 0) is 0 Å². The average molecular weight is 276 g/mol. The van der Waals surface area contributed by atoms with Crippen LogP contribution in [-0.4, -0.2) is 18.0 Å². The number of hydrogen-bond donors (Lipinski definition) is 1. The van der Waals surface area contributed by atoms with Gasteiger partial charge >= 0.3 is 0 Å². The lowest BCUT2D eigenvalue weighted by atomic mass is 10.0. The Morgan fingerprint density at radius 1 is 0.850 bits per heavy atom. The van der Waals surface area contributed by atoms with E-state index in [1.165, 1.54) is 31.5 Å². The molecule has 2 heteroatoms. The number of nitrogens with zero attached hydrogens (tertiary/aromatic N) is 1. The lowest BCUT2D eigenvalue weighted by Gasteiger charge is -2.31. The highest BCUT2D eigenvalue weighted by Crippen LogP contribution is 2.23. The molecule has 0 aliphatic rings. The molecule has 0 amide bonds. The van der Waals surface area contributed by atoms with Crippen LogP contribution in [0, 0.1) is 11.8 Å². The van der Waals surface area contributed by atoms with Crippen molar-refractivity contribution >= 4 is 5.69 Å². The molecule has 0 spiro atoms. The van der Waals surface area contributed by atoms with Crippen LogP contribution in [0.2, 0.25) is 0 Å². The standard InChI is InChI=1S/C18H32N2/c1-14(2)10-12-20(13-11-15(3)4)16(5)17-6-8-18(19)9-7-17/h6-9,14-16H,10-13,19H2,1-5H3. The van der Waals surface area contributed by atoms with Gasteiger partial charge in [-0.1, -0.05) is 39.8 Å². The first-order valence-electron chi connectivity index (χ1n) is 7.99. The highest BCUT2D eigenvalue weighted by Gasteiger charge is 2.16. The normalized spacial score (nSPS) is 13.4. The van der Waals surface area contributed by atoms with Crippen molar-refractivity contribution in [2.45, 2.75) is 53.5 Å². The van der Waals surface area contributed by atoms with Gasteiger partial charge < -0.3 is 5.73 Å². The van der Waals surface area contributed by atoms with Crippen molar-refractivity contribution in [1.82, 2.24) is 4.90 Å². The Labute approximate surface area is 125 Å². The number of rotatable bonds is 8. The first-order chi connectivity index (χ1) is 9.40. The van der Waals surface area contributed by atoms with E-state index in [2.05, 4.69) is 51.7 Å². The summed E-state index contributed by atoms with van der Waals surface area (Å²) in [5.74, 6) is 1.52. The first-order valence-corrected chi connectivity index (χ1v) is 7.99. The van der Waals surface area contributed by atoms with E-state index in [0.717, 1.165) is 17.5 Å². The molecular weight excluding hydrogens is 244 g/mol. The molecule has 1 unspecified atom stereocenters. The van der Waals surface area contributed by atoms with Gasteiger partial charge in [-0.05, 0) is 62.4 Å². The zero-order valence-electron chi connectivity index (χ0n) is 13.9. The molecule has 2 N–H and O–H groups in total. The Bertz CT molecular complexity index is 356. The second-order valence-corrected chi connectivity index (χ2v) is 6.74. The largest absolute Gasteiger partial charge is 0.399 e. The van der Waals surface area contributed by atoms with Crippen molar-refractivity contribution in [3.63, 3.8) is 0 Å². The van der Waals surface area contributed by atoms with Crippen molar-refractivity contribution < 1.29 is 0 Å². The Kier molecular flexibility index (Phi) is 7.08. The van der Waals surface area contributed by atoms with Gasteiger partial charge in [-0.2, -0.15) is 0 Å². The molecule has 0 heterocycles. The molecule has 0 aliphatic heterocycles. The van der Waals surface area contributed by atoms with E-state index in [0.29, 0.717) is 6.04 Å². The van der Waals surface area contributed by atoms with Crippen LogP contribution in [0.15, 0.2) is 24.3 Å². The van der Waals surface area contributed by atoms with Crippen LogP contribution in [0.3, 0.4) is 0 Å². The highest BCUT2D eigenvalue weighted by atomic mass is 15.1. The Morgan fingerprint density at radius 3 is 1.70 bits per heavy atom. The summed E-state index contributed by atoms with van der Waals surface area (Å²) in [6.07, 6.45) is 2.52. The van der Waals surface area contributed by atoms with Gasteiger partial charge in [0, 0.05) is 11.7 Å². The van der Waals surface area contributed by atoms with E-state index >= 15 is 0 Å². The molecule has 114 valence electrons. The second kappa shape index (κ2) is 8.31. The molecule has 0 bridgehead atoms. The fourth-order valence-electron chi connectivity index (χ4n) is 2.33. The fourth-order valence-corrected chi connectivity index (χ4v) is 2.33. The summed E-state index contributed by atoms with van der Waals surface area (Å²) < 4.78 is 0. The Balaban J connectivity index is 2.71. The lowest BCUT2D eigenvalue weighted by Crippen LogP contribution is -2.30. The molecule has 0 aliphatic carbocycles. The minimum Gasteiger partial charge on any atom is -0.399 e. The van der Waals surface area contributed by atoms with Gasteiger partial charge in [0.15, 0.2) is 0 Å². The molecular formula is C18H32N2. The zero-order valence-corrected chi connectivity index (χ0v) is 13.9. The molecule has 0 saturated heterocycles. The van der Waals surface area contributed by atoms with Crippen LogP contribution in [0.5, 0.6) is 0 Å². The molecule has 1 atom stereocenters. The zero-order chi connectivity index (χ0) is 15.1. The van der Waals surface area contributed by atoms with Crippen LogP contribution >= 0.6 is 0 Å². The monoisotopic (exact) mass is 276 g/mol. The van der Waals surface area contributed by atoms with Gasteiger partial charge in [0.2, 0.25) is 0 Å². The van der Waals surface area contributed by atoms with E-state index in [-0.39, 0.29) is 0 Å². The summed E-state index contributed by atoms with van der Waals surface area (Å²) in [5.41, 5.74) is 8.00. The molecule has 2 nitrogen and oxygen atoms in total. The summed E-state index contributed by atoms with van der Waals surface area (Å²) in [7, 11) is 0. The number of nitrogens with two attached hydrogens (primary N) is 1. The predicted octanol–water partition coefficient (Wildman–Crippen LogP) is 4.72. The summed E-state index contributed by atoms with van der Waals surface area (Å²) >= 11 is 0. The van der Waals surface area contributed by atoms with Crippen molar-refractivity contribution in [1.29, 1.82) is 0 Å². The van der Waals surface area contributed by atoms with Gasteiger partial charge in [-0.15, -0.1) is 0 Å². The molecule has 0 saturated carbocycles. The summed E-state index contributed by atoms with van der Waals surface area (Å²) in [6.45, 7) is 13.9. The van der Waals surface area contributed by atoms with Crippen molar-refractivity contribution in [3.05, 3.63) is 29.8 Å².